The zero-order valence-electron chi connectivity index (χ0n) is 18.9. The summed E-state index contributed by atoms with van der Waals surface area (Å²) in [6.45, 7) is 5.79. The van der Waals surface area contributed by atoms with E-state index in [1.807, 2.05) is 57.2 Å². The predicted molar refractivity (Wildman–Crippen MR) is 123 cm³/mol. The third kappa shape index (κ3) is 4.93. The highest BCUT2D eigenvalue weighted by Crippen LogP contribution is 2.26. The summed E-state index contributed by atoms with van der Waals surface area (Å²) in [6.07, 6.45) is 4.51. The largest absolute Gasteiger partial charge is 0.374 e. The highest BCUT2D eigenvalue weighted by atomic mass is 16.5. The number of hydrogen-bond donors (Lipinski definition) is 1. The molecule has 0 spiro atoms. The van der Waals surface area contributed by atoms with Gasteiger partial charge in [-0.2, -0.15) is 4.68 Å². The lowest BCUT2D eigenvalue weighted by Crippen LogP contribution is -2.27. The van der Waals surface area contributed by atoms with Crippen LogP contribution in [0.2, 0.25) is 0 Å². The van der Waals surface area contributed by atoms with Gasteiger partial charge in [0, 0.05) is 30.6 Å². The topological polar surface area (TPSA) is 108 Å². The molecule has 0 saturated heterocycles. The molecule has 0 radical (unpaired) electrons. The minimum Gasteiger partial charge on any atom is -0.374 e. The van der Waals surface area contributed by atoms with Crippen molar-refractivity contribution in [2.24, 2.45) is 0 Å². The van der Waals surface area contributed by atoms with Crippen molar-refractivity contribution in [3.63, 3.8) is 0 Å². The Balaban J connectivity index is 1.75. The van der Waals surface area contributed by atoms with Crippen LogP contribution in [0.3, 0.4) is 0 Å². The molecule has 33 heavy (non-hydrogen) atoms. The molecule has 168 valence electrons. The molecule has 1 amide bonds. The van der Waals surface area contributed by atoms with Gasteiger partial charge in [-0.25, -0.2) is 9.97 Å². The standard InChI is InChI=1S/C24H25N7O2/c1-15-5-7-18(8-6-15)19-9-20(24(32)27-16(2)21-12-25-14-26-13-21)11-22(10-19)31-23(17(3)33-4)28-29-30-31/h5-14,16-17H,1-4H3,(H,27,32). The monoisotopic (exact) mass is 443 g/mol. The molecule has 0 aliphatic heterocycles. The third-order valence-electron chi connectivity index (χ3n) is 5.45. The van der Waals surface area contributed by atoms with Gasteiger partial charge in [-0.1, -0.05) is 29.8 Å². The second-order valence-electron chi connectivity index (χ2n) is 7.83. The van der Waals surface area contributed by atoms with Crippen molar-refractivity contribution in [1.29, 1.82) is 0 Å². The zero-order valence-corrected chi connectivity index (χ0v) is 18.9. The smallest absolute Gasteiger partial charge is 0.251 e. The molecule has 9 heteroatoms. The van der Waals surface area contributed by atoms with E-state index >= 15 is 0 Å². The second-order valence-corrected chi connectivity index (χ2v) is 7.83. The van der Waals surface area contributed by atoms with Crippen LogP contribution in [-0.4, -0.2) is 43.2 Å². The molecule has 2 aromatic heterocycles. The van der Waals surface area contributed by atoms with Gasteiger partial charge in [0.1, 0.15) is 12.4 Å². The van der Waals surface area contributed by atoms with Crippen LogP contribution in [0.5, 0.6) is 0 Å². The molecule has 0 bridgehead atoms. The zero-order chi connectivity index (χ0) is 23.4. The van der Waals surface area contributed by atoms with Crippen LogP contribution in [0.1, 0.15) is 53.3 Å². The molecule has 2 atom stereocenters. The van der Waals surface area contributed by atoms with Gasteiger partial charge < -0.3 is 10.1 Å². The molecule has 0 aliphatic carbocycles. The number of carbonyl (C=O) groups excluding carboxylic acids is 1. The van der Waals surface area contributed by atoms with E-state index in [9.17, 15) is 4.79 Å². The van der Waals surface area contributed by atoms with Gasteiger partial charge >= 0.3 is 0 Å². The molecular weight excluding hydrogens is 418 g/mol. The number of amides is 1. The van der Waals surface area contributed by atoms with Crippen molar-refractivity contribution in [2.45, 2.75) is 32.9 Å². The van der Waals surface area contributed by atoms with Gasteiger partial charge in [0.25, 0.3) is 5.91 Å². The lowest BCUT2D eigenvalue weighted by Gasteiger charge is -2.16. The Morgan fingerprint density at radius 1 is 1.03 bits per heavy atom. The summed E-state index contributed by atoms with van der Waals surface area (Å²) in [6, 6.07) is 13.4. The lowest BCUT2D eigenvalue weighted by atomic mass is 10.00. The number of aromatic nitrogens is 6. The van der Waals surface area contributed by atoms with Crippen molar-refractivity contribution >= 4 is 5.91 Å². The van der Waals surface area contributed by atoms with E-state index in [1.165, 1.54) is 6.33 Å². The van der Waals surface area contributed by atoms with Crippen LogP contribution in [0.4, 0.5) is 0 Å². The summed E-state index contributed by atoms with van der Waals surface area (Å²) in [5, 5.41) is 15.1. The van der Waals surface area contributed by atoms with E-state index in [-0.39, 0.29) is 18.1 Å². The van der Waals surface area contributed by atoms with E-state index in [4.69, 9.17) is 4.74 Å². The molecule has 4 rings (SSSR count). The lowest BCUT2D eigenvalue weighted by molar-refractivity contribution is 0.0939. The fourth-order valence-corrected chi connectivity index (χ4v) is 3.41. The molecule has 9 nitrogen and oxygen atoms in total. The first kappa shape index (κ1) is 22.2. The predicted octanol–water partition coefficient (Wildman–Crippen LogP) is 3.63. The van der Waals surface area contributed by atoms with Crippen molar-refractivity contribution in [1.82, 2.24) is 35.5 Å². The van der Waals surface area contributed by atoms with Gasteiger partial charge in [0.2, 0.25) is 0 Å². The average Bonchev–Trinajstić information content (AvgIpc) is 3.34. The van der Waals surface area contributed by atoms with Crippen LogP contribution < -0.4 is 5.32 Å². The number of tetrazole rings is 1. The van der Waals surface area contributed by atoms with Crippen molar-refractivity contribution in [3.8, 4) is 16.8 Å². The molecule has 2 unspecified atom stereocenters. The summed E-state index contributed by atoms with van der Waals surface area (Å²) < 4.78 is 7.00. The minimum atomic E-state index is -0.321. The van der Waals surface area contributed by atoms with Gasteiger partial charge in [0.05, 0.1) is 11.7 Å². The van der Waals surface area contributed by atoms with Crippen LogP contribution in [0.25, 0.3) is 16.8 Å². The second kappa shape index (κ2) is 9.66. The summed E-state index contributed by atoms with van der Waals surface area (Å²) in [5.74, 6) is 0.315. The van der Waals surface area contributed by atoms with Crippen molar-refractivity contribution < 1.29 is 9.53 Å². The fraction of sp³-hybridized carbons (Fsp3) is 0.250. The molecule has 2 aromatic carbocycles. The van der Waals surface area contributed by atoms with Crippen LogP contribution in [0, 0.1) is 6.92 Å². The van der Waals surface area contributed by atoms with E-state index < -0.39 is 0 Å². The molecule has 0 fully saturated rings. The Kier molecular flexibility index (Phi) is 6.50. The first-order valence-corrected chi connectivity index (χ1v) is 10.6. The number of carbonyl (C=O) groups is 1. The van der Waals surface area contributed by atoms with Gasteiger partial charge in [0.15, 0.2) is 5.82 Å². The number of nitrogens with one attached hydrogen (secondary N) is 1. The van der Waals surface area contributed by atoms with E-state index in [0.29, 0.717) is 17.1 Å². The van der Waals surface area contributed by atoms with Crippen LogP contribution in [-0.2, 0) is 4.74 Å². The first-order chi connectivity index (χ1) is 16.0. The molecule has 0 aliphatic rings. The van der Waals surface area contributed by atoms with Gasteiger partial charge in [-0.3, -0.25) is 4.79 Å². The van der Waals surface area contributed by atoms with Crippen LogP contribution in [0.15, 0.2) is 61.2 Å². The number of hydrogen-bond acceptors (Lipinski definition) is 7. The normalized spacial score (nSPS) is 12.8. The SMILES string of the molecule is COC(C)c1nnnn1-c1cc(C(=O)NC(C)c2cncnc2)cc(-c2ccc(C)cc2)c1. The summed E-state index contributed by atoms with van der Waals surface area (Å²) >= 11 is 0. The first-order valence-electron chi connectivity index (χ1n) is 10.6. The maximum Gasteiger partial charge on any atom is 0.251 e. The third-order valence-corrected chi connectivity index (χ3v) is 5.45. The van der Waals surface area contributed by atoms with Crippen molar-refractivity contribution in [2.75, 3.05) is 7.11 Å². The summed E-state index contributed by atoms with van der Waals surface area (Å²) in [7, 11) is 1.60. The number of benzene rings is 2. The number of rotatable bonds is 7. The minimum absolute atomic E-state index is 0.226. The fourth-order valence-electron chi connectivity index (χ4n) is 3.41. The highest BCUT2D eigenvalue weighted by Gasteiger charge is 2.19. The Bertz CT molecular complexity index is 1240. The molecular formula is C24H25N7O2. The van der Waals surface area contributed by atoms with Gasteiger partial charge in [-0.05, 0) is 60.5 Å². The Morgan fingerprint density at radius 3 is 2.45 bits per heavy atom. The molecule has 2 heterocycles. The van der Waals surface area contributed by atoms with E-state index in [0.717, 1.165) is 22.3 Å². The number of methoxy groups -OCH3 is 1. The number of ether oxygens (including phenoxy) is 1. The van der Waals surface area contributed by atoms with E-state index in [2.05, 4.69) is 30.8 Å². The van der Waals surface area contributed by atoms with Crippen molar-refractivity contribution in [3.05, 3.63) is 83.7 Å². The maximum absolute atomic E-state index is 13.2. The molecule has 1 N–H and O–H groups in total. The quantitative estimate of drug-likeness (QED) is 0.465. The highest BCUT2D eigenvalue weighted by molar-refractivity contribution is 5.96. The number of aryl methyl sites for hydroxylation is 1. The summed E-state index contributed by atoms with van der Waals surface area (Å²) in [4.78, 5) is 21.3. The van der Waals surface area contributed by atoms with E-state index in [1.54, 1.807) is 30.3 Å². The Labute approximate surface area is 191 Å². The van der Waals surface area contributed by atoms with Crippen LogP contribution >= 0.6 is 0 Å². The molecule has 0 saturated carbocycles. The Hall–Kier alpha value is -3.98. The Morgan fingerprint density at radius 2 is 1.76 bits per heavy atom. The van der Waals surface area contributed by atoms with Gasteiger partial charge in [-0.15, -0.1) is 5.10 Å². The summed E-state index contributed by atoms with van der Waals surface area (Å²) in [5.41, 5.74) is 4.98. The number of nitrogens with zero attached hydrogens (tertiary/aromatic N) is 6. The molecule has 4 aromatic rings. The average molecular weight is 444 g/mol. The maximum atomic E-state index is 13.2.